The van der Waals surface area contributed by atoms with Gasteiger partial charge in [-0.05, 0) is 13.3 Å². The molecule has 0 saturated carbocycles. The Balaban J connectivity index is 1.56. The summed E-state index contributed by atoms with van der Waals surface area (Å²) in [6.45, 7) is 4.58. The van der Waals surface area contributed by atoms with Gasteiger partial charge in [0.05, 0.1) is 24.1 Å². The highest BCUT2D eigenvalue weighted by Gasteiger charge is 2.60. The molecular weight excluding hydrogens is 438 g/mol. The van der Waals surface area contributed by atoms with Crippen LogP contribution < -0.4 is 16.0 Å². The highest BCUT2D eigenvalue weighted by molar-refractivity contribution is 8.03. The number of carboxylic acid groups (broad SMARTS) is 1. The standard InChI is InChI=1S/C20H31N5O6S/c1-9-14-13(10(2)26)18(28)25(14)15(19(29)30)16(9)32-11-7-12(23-8-11)17(27)21-5-6-22-20(31)24(3)4/h9-14,23,26H,5-8H2,1-4H3,(H,21,27)(H,22,31)(H,29,30)/t9-,10-,11+,12+,13?,14?/m1/s1. The molecule has 11 nitrogen and oxygen atoms in total. The number of carbonyl (C=O) groups excluding carboxylic acids is 3. The molecule has 32 heavy (non-hydrogen) atoms. The molecule has 5 N–H and O–H groups in total. The fourth-order valence-electron chi connectivity index (χ4n) is 4.49. The zero-order chi connectivity index (χ0) is 23.7. The van der Waals surface area contributed by atoms with E-state index < -0.39 is 24.0 Å². The van der Waals surface area contributed by atoms with Crippen LogP contribution in [-0.4, -0.2) is 101 Å². The summed E-state index contributed by atoms with van der Waals surface area (Å²) in [5, 5.41) is 28.3. The van der Waals surface area contributed by atoms with E-state index in [0.29, 0.717) is 31.0 Å². The molecule has 3 heterocycles. The predicted molar refractivity (Wildman–Crippen MR) is 118 cm³/mol. The van der Waals surface area contributed by atoms with Gasteiger partial charge in [-0.2, -0.15) is 0 Å². The molecular formula is C20H31N5O6S. The molecule has 0 aliphatic carbocycles. The minimum Gasteiger partial charge on any atom is -0.477 e. The van der Waals surface area contributed by atoms with Crippen molar-refractivity contribution in [2.45, 2.75) is 43.7 Å². The predicted octanol–water partition coefficient (Wildman–Crippen LogP) is -1.01. The monoisotopic (exact) mass is 469 g/mol. The molecule has 0 aromatic heterocycles. The molecule has 2 fully saturated rings. The number of amides is 4. The van der Waals surface area contributed by atoms with E-state index in [4.69, 9.17) is 0 Å². The Bertz CT molecular complexity index is 831. The van der Waals surface area contributed by atoms with E-state index in [1.54, 1.807) is 21.0 Å². The lowest BCUT2D eigenvalue weighted by atomic mass is 9.79. The van der Waals surface area contributed by atoms with Crippen molar-refractivity contribution in [1.82, 2.24) is 25.8 Å². The average Bonchev–Trinajstić information content (AvgIpc) is 3.27. The van der Waals surface area contributed by atoms with Crippen LogP contribution in [0.2, 0.25) is 0 Å². The van der Waals surface area contributed by atoms with Crippen LogP contribution in [0.1, 0.15) is 20.3 Å². The van der Waals surface area contributed by atoms with E-state index in [1.165, 1.54) is 21.6 Å². The summed E-state index contributed by atoms with van der Waals surface area (Å²) in [7, 11) is 3.26. The number of urea groups is 1. The highest BCUT2D eigenvalue weighted by atomic mass is 32.2. The first-order valence-electron chi connectivity index (χ1n) is 10.7. The van der Waals surface area contributed by atoms with Crippen LogP contribution in [0, 0.1) is 11.8 Å². The number of carboxylic acids is 1. The summed E-state index contributed by atoms with van der Waals surface area (Å²) in [6, 6.07) is -0.989. The van der Waals surface area contributed by atoms with Gasteiger partial charge in [0.15, 0.2) is 0 Å². The van der Waals surface area contributed by atoms with Gasteiger partial charge in [-0.1, -0.05) is 6.92 Å². The molecule has 6 atom stereocenters. The summed E-state index contributed by atoms with van der Waals surface area (Å²) < 4.78 is 0. The first kappa shape index (κ1) is 24.3. The Morgan fingerprint density at radius 2 is 1.94 bits per heavy atom. The van der Waals surface area contributed by atoms with Crippen LogP contribution in [0.4, 0.5) is 4.79 Å². The van der Waals surface area contributed by atoms with Gasteiger partial charge in [0.2, 0.25) is 11.8 Å². The number of aliphatic hydroxyl groups excluding tert-OH is 1. The third-order valence-corrected chi connectivity index (χ3v) is 7.63. The maximum absolute atomic E-state index is 12.4. The zero-order valence-electron chi connectivity index (χ0n) is 18.6. The Labute approximate surface area is 190 Å². The summed E-state index contributed by atoms with van der Waals surface area (Å²) in [5.41, 5.74) is -0.000986. The lowest BCUT2D eigenvalue weighted by Gasteiger charge is -2.46. The van der Waals surface area contributed by atoms with Gasteiger partial charge >= 0.3 is 12.0 Å². The van der Waals surface area contributed by atoms with E-state index in [1.807, 2.05) is 6.92 Å². The number of nitrogens with one attached hydrogen (secondary N) is 3. The van der Waals surface area contributed by atoms with Crippen molar-refractivity contribution in [2.24, 2.45) is 11.8 Å². The molecule has 12 heteroatoms. The summed E-state index contributed by atoms with van der Waals surface area (Å²) in [4.78, 5) is 51.6. The summed E-state index contributed by atoms with van der Waals surface area (Å²) in [5.74, 6) is -2.47. The lowest BCUT2D eigenvalue weighted by molar-refractivity contribution is -0.163. The number of carbonyl (C=O) groups is 4. The van der Waals surface area contributed by atoms with Crippen LogP contribution in [-0.2, 0) is 14.4 Å². The van der Waals surface area contributed by atoms with E-state index in [-0.39, 0.29) is 40.8 Å². The number of aliphatic carboxylic acids is 1. The Morgan fingerprint density at radius 3 is 2.53 bits per heavy atom. The minimum atomic E-state index is -1.15. The molecule has 0 radical (unpaired) electrons. The Hall–Kier alpha value is -2.31. The number of thioether (sulfide) groups is 1. The number of hydrogen-bond acceptors (Lipinski definition) is 7. The third kappa shape index (κ3) is 4.57. The first-order valence-corrected chi connectivity index (χ1v) is 11.5. The number of rotatable bonds is 8. The molecule has 2 unspecified atom stereocenters. The molecule has 2 saturated heterocycles. The van der Waals surface area contributed by atoms with Crippen LogP contribution in [0.25, 0.3) is 0 Å². The molecule has 0 aromatic carbocycles. The Kier molecular flexibility index (Phi) is 7.36. The molecule has 178 valence electrons. The maximum atomic E-state index is 12.4. The van der Waals surface area contributed by atoms with Crippen molar-refractivity contribution in [1.29, 1.82) is 0 Å². The van der Waals surface area contributed by atoms with E-state index >= 15 is 0 Å². The molecule has 0 spiro atoms. The number of β-lactam (4-membered cyclic amide) rings is 1. The van der Waals surface area contributed by atoms with E-state index in [9.17, 15) is 29.4 Å². The van der Waals surface area contributed by atoms with Gasteiger partial charge in [-0.15, -0.1) is 11.8 Å². The number of fused-ring (bicyclic) bond motifs is 1. The van der Waals surface area contributed by atoms with Crippen molar-refractivity contribution in [3.8, 4) is 0 Å². The van der Waals surface area contributed by atoms with Crippen LogP contribution >= 0.6 is 11.8 Å². The molecule has 3 aliphatic rings. The quantitative estimate of drug-likeness (QED) is 0.224. The second kappa shape index (κ2) is 9.67. The van der Waals surface area contributed by atoms with Crippen molar-refractivity contribution in [3.05, 3.63) is 10.6 Å². The van der Waals surface area contributed by atoms with Crippen molar-refractivity contribution in [3.63, 3.8) is 0 Å². The fraction of sp³-hybridized carbons (Fsp3) is 0.700. The lowest BCUT2D eigenvalue weighted by Crippen LogP contribution is -2.63. The number of hydrogen-bond donors (Lipinski definition) is 5. The van der Waals surface area contributed by atoms with Crippen LogP contribution in [0.3, 0.4) is 0 Å². The van der Waals surface area contributed by atoms with Crippen LogP contribution in [0.5, 0.6) is 0 Å². The van der Waals surface area contributed by atoms with Gasteiger partial charge in [0.1, 0.15) is 5.70 Å². The fourth-order valence-corrected chi connectivity index (χ4v) is 5.97. The first-order chi connectivity index (χ1) is 15.0. The number of aliphatic hydroxyl groups is 1. The third-order valence-electron chi connectivity index (χ3n) is 6.12. The van der Waals surface area contributed by atoms with Gasteiger partial charge in [-0.3, -0.25) is 9.59 Å². The second-order valence-electron chi connectivity index (χ2n) is 8.63. The van der Waals surface area contributed by atoms with Gasteiger partial charge in [0, 0.05) is 49.8 Å². The topological polar surface area (TPSA) is 151 Å². The van der Waals surface area contributed by atoms with E-state index in [0.717, 1.165) is 0 Å². The van der Waals surface area contributed by atoms with Crippen LogP contribution in [0.15, 0.2) is 10.6 Å². The Morgan fingerprint density at radius 1 is 1.28 bits per heavy atom. The van der Waals surface area contributed by atoms with Gasteiger partial charge in [-0.25, -0.2) is 9.59 Å². The molecule has 4 amide bonds. The average molecular weight is 470 g/mol. The van der Waals surface area contributed by atoms with Gasteiger partial charge in [0.25, 0.3) is 0 Å². The SMILES string of the molecule is C[C@@H](O)C1C(=O)N2C(C(=O)O)=C(S[C@@H]3CN[C@H](C(=O)NCCNC(=O)N(C)C)C3)[C@H](C)C12. The highest BCUT2D eigenvalue weighted by Crippen LogP contribution is 2.51. The molecule has 0 aromatic rings. The smallest absolute Gasteiger partial charge is 0.353 e. The summed E-state index contributed by atoms with van der Waals surface area (Å²) in [6.07, 6.45) is -0.323. The summed E-state index contributed by atoms with van der Waals surface area (Å²) >= 11 is 1.40. The molecule has 3 rings (SSSR count). The second-order valence-corrected chi connectivity index (χ2v) is 9.97. The number of nitrogens with zero attached hydrogens (tertiary/aromatic N) is 2. The molecule has 3 aliphatic heterocycles. The van der Waals surface area contributed by atoms with Crippen molar-refractivity contribution in [2.75, 3.05) is 33.7 Å². The maximum Gasteiger partial charge on any atom is 0.353 e. The van der Waals surface area contributed by atoms with Crippen molar-refractivity contribution >= 4 is 35.6 Å². The molecule has 0 bridgehead atoms. The van der Waals surface area contributed by atoms with Crippen molar-refractivity contribution < 1.29 is 29.4 Å². The normalized spacial score (nSPS) is 30.0. The minimum absolute atomic E-state index is 0.000986. The van der Waals surface area contributed by atoms with Gasteiger partial charge < -0.3 is 36.0 Å². The van der Waals surface area contributed by atoms with E-state index in [2.05, 4.69) is 16.0 Å². The zero-order valence-corrected chi connectivity index (χ0v) is 19.4. The largest absolute Gasteiger partial charge is 0.477 e.